The van der Waals surface area contributed by atoms with E-state index in [1.807, 2.05) is 11.3 Å². The molecule has 1 unspecified atom stereocenters. The van der Waals surface area contributed by atoms with Crippen LogP contribution in [0.5, 0.6) is 0 Å². The molecule has 4 heteroatoms. The van der Waals surface area contributed by atoms with Crippen LogP contribution in [0, 0.1) is 0 Å². The number of nitrogens with one attached hydrogen (secondary N) is 2. The Bertz CT molecular complexity index is 281. The molecule has 1 atom stereocenters. The second-order valence-electron chi connectivity index (χ2n) is 3.66. The van der Waals surface area contributed by atoms with Crippen molar-refractivity contribution in [3.63, 3.8) is 0 Å². The predicted octanol–water partition coefficient (Wildman–Crippen LogP) is 2.35. The van der Waals surface area contributed by atoms with E-state index in [4.69, 9.17) is 0 Å². The van der Waals surface area contributed by atoms with Crippen molar-refractivity contribution in [2.24, 2.45) is 0 Å². The van der Waals surface area contributed by atoms with E-state index in [1.165, 1.54) is 28.7 Å². The van der Waals surface area contributed by atoms with Crippen LogP contribution in [0.1, 0.15) is 17.7 Å². The Morgan fingerprint density at radius 1 is 1.64 bits per heavy atom. The summed E-state index contributed by atoms with van der Waals surface area (Å²) in [5.41, 5.74) is 0. The topological polar surface area (TPSA) is 24.1 Å². The van der Waals surface area contributed by atoms with Crippen LogP contribution in [0.4, 0.5) is 0 Å². The van der Waals surface area contributed by atoms with E-state index in [1.54, 1.807) is 0 Å². The Balaban J connectivity index is 1.76. The van der Waals surface area contributed by atoms with Crippen molar-refractivity contribution in [2.45, 2.75) is 25.4 Å². The van der Waals surface area contributed by atoms with Crippen LogP contribution in [-0.4, -0.2) is 19.1 Å². The van der Waals surface area contributed by atoms with E-state index in [0.29, 0.717) is 6.04 Å². The molecular formula is C10H15BrN2S. The van der Waals surface area contributed by atoms with Crippen molar-refractivity contribution in [2.75, 3.05) is 13.1 Å². The highest BCUT2D eigenvalue weighted by atomic mass is 79.9. The molecule has 0 bridgehead atoms. The van der Waals surface area contributed by atoms with Gasteiger partial charge in [0.05, 0.1) is 0 Å². The summed E-state index contributed by atoms with van der Waals surface area (Å²) >= 11 is 5.28. The summed E-state index contributed by atoms with van der Waals surface area (Å²) in [5, 5.41) is 9.12. The Morgan fingerprint density at radius 2 is 2.57 bits per heavy atom. The minimum atomic E-state index is 0.657. The van der Waals surface area contributed by atoms with Gasteiger partial charge in [0.15, 0.2) is 0 Å². The van der Waals surface area contributed by atoms with Crippen molar-refractivity contribution in [1.82, 2.24) is 10.6 Å². The Morgan fingerprint density at radius 3 is 3.21 bits per heavy atom. The molecule has 2 N–H and O–H groups in total. The maximum atomic E-state index is 3.58. The van der Waals surface area contributed by atoms with E-state index in [2.05, 4.69) is 38.0 Å². The van der Waals surface area contributed by atoms with Crippen molar-refractivity contribution < 1.29 is 0 Å². The molecule has 2 nitrogen and oxygen atoms in total. The number of piperidine rings is 1. The lowest BCUT2D eigenvalue weighted by molar-refractivity contribution is 0.390. The molecule has 0 aliphatic carbocycles. The van der Waals surface area contributed by atoms with Gasteiger partial charge in [0.1, 0.15) is 0 Å². The number of hydrogen-bond acceptors (Lipinski definition) is 3. The fraction of sp³-hybridized carbons (Fsp3) is 0.600. The first-order chi connectivity index (χ1) is 6.84. The van der Waals surface area contributed by atoms with Gasteiger partial charge in [-0.05, 0) is 41.4 Å². The minimum Gasteiger partial charge on any atom is -0.315 e. The SMILES string of the molecule is Brc1csc(CNC2CCCNC2)c1. The fourth-order valence-corrected chi connectivity index (χ4v) is 3.12. The van der Waals surface area contributed by atoms with Crippen molar-refractivity contribution in [3.05, 3.63) is 20.8 Å². The van der Waals surface area contributed by atoms with Gasteiger partial charge in [-0.3, -0.25) is 0 Å². The molecule has 1 aromatic heterocycles. The zero-order valence-electron chi connectivity index (χ0n) is 8.05. The zero-order valence-corrected chi connectivity index (χ0v) is 10.5. The second-order valence-corrected chi connectivity index (χ2v) is 5.57. The average molecular weight is 275 g/mol. The van der Waals surface area contributed by atoms with Gasteiger partial charge >= 0.3 is 0 Å². The molecule has 1 saturated heterocycles. The molecular weight excluding hydrogens is 260 g/mol. The van der Waals surface area contributed by atoms with Crippen LogP contribution in [-0.2, 0) is 6.54 Å². The summed E-state index contributed by atoms with van der Waals surface area (Å²) in [4.78, 5) is 1.41. The first-order valence-corrected chi connectivity index (χ1v) is 6.69. The fourth-order valence-electron chi connectivity index (χ4n) is 1.72. The zero-order chi connectivity index (χ0) is 9.80. The van der Waals surface area contributed by atoms with Gasteiger partial charge in [-0.15, -0.1) is 11.3 Å². The number of rotatable bonds is 3. The van der Waals surface area contributed by atoms with Gasteiger partial charge in [0, 0.05) is 33.9 Å². The van der Waals surface area contributed by atoms with Crippen LogP contribution in [0.2, 0.25) is 0 Å². The molecule has 0 aromatic carbocycles. The maximum Gasteiger partial charge on any atom is 0.0303 e. The smallest absolute Gasteiger partial charge is 0.0303 e. The van der Waals surface area contributed by atoms with E-state index in [9.17, 15) is 0 Å². The molecule has 1 aliphatic heterocycles. The summed E-state index contributed by atoms with van der Waals surface area (Å²) in [6.45, 7) is 3.30. The Labute approximate surface area is 97.2 Å². The number of thiophene rings is 1. The molecule has 78 valence electrons. The van der Waals surface area contributed by atoms with E-state index >= 15 is 0 Å². The van der Waals surface area contributed by atoms with Gasteiger partial charge in [-0.1, -0.05) is 0 Å². The standard InChI is InChI=1S/C10H15BrN2S/c11-8-4-10(14-7-8)6-13-9-2-1-3-12-5-9/h4,7,9,12-13H,1-3,5-6H2. The summed E-state index contributed by atoms with van der Waals surface area (Å²) in [5.74, 6) is 0. The number of halogens is 1. The molecule has 14 heavy (non-hydrogen) atoms. The lowest BCUT2D eigenvalue weighted by atomic mass is 10.1. The Kier molecular flexibility index (Phi) is 3.99. The second kappa shape index (κ2) is 5.26. The molecule has 0 radical (unpaired) electrons. The third kappa shape index (κ3) is 3.05. The maximum absolute atomic E-state index is 3.58. The van der Waals surface area contributed by atoms with Gasteiger partial charge in [-0.2, -0.15) is 0 Å². The van der Waals surface area contributed by atoms with Crippen LogP contribution < -0.4 is 10.6 Å². The van der Waals surface area contributed by atoms with Crippen LogP contribution >= 0.6 is 27.3 Å². The van der Waals surface area contributed by atoms with E-state index in [-0.39, 0.29) is 0 Å². The highest BCUT2D eigenvalue weighted by Gasteiger charge is 2.11. The highest BCUT2D eigenvalue weighted by Crippen LogP contribution is 2.19. The van der Waals surface area contributed by atoms with Crippen LogP contribution in [0.25, 0.3) is 0 Å². The molecule has 1 fully saturated rings. The molecule has 1 aromatic rings. The van der Waals surface area contributed by atoms with E-state index in [0.717, 1.165) is 13.1 Å². The van der Waals surface area contributed by atoms with Crippen molar-refractivity contribution in [1.29, 1.82) is 0 Å². The third-order valence-electron chi connectivity index (χ3n) is 2.48. The first-order valence-electron chi connectivity index (χ1n) is 5.01. The molecule has 2 heterocycles. The van der Waals surface area contributed by atoms with Gasteiger partial charge in [0.2, 0.25) is 0 Å². The van der Waals surface area contributed by atoms with Crippen molar-refractivity contribution >= 4 is 27.3 Å². The van der Waals surface area contributed by atoms with Gasteiger partial charge in [0.25, 0.3) is 0 Å². The largest absolute Gasteiger partial charge is 0.315 e. The number of hydrogen-bond donors (Lipinski definition) is 2. The summed E-state index contributed by atoms with van der Waals surface area (Å²) in [7, 11) is 0. The first kappa shape index (κ1) is 10.6. The average Bonchev–Trinajstić information content (AvgIpc) is 2.63. The monoisotopic (exact) mass is 274 g/mol. The molecule has 1 aliphatic rings. The lowest BCUT2D eigenvalue weighted by Crippen LogP contribution is -2.42. The van der Waals surface area contributed by atoms with Gasteiger partial charge < -0.3 is 10.6 Å². The highest BCUT2D eigenvalue weighted by molar-refractivity contribution is 9.10. The van der Waals surface area contributed by atoms with Gasteiger partial charge in [-0.25, -0.2) is 0 Å². The normalized spacial score (nSPS) is 22.5. The lowest BCUT2D eigenvalue weighted by Gasteiger charge is -2.23. The van der Waals surface area contributed by atoms with E-state index < -0.39 is 0 Å². The summed E-state index contributed by atoms with van der Waals surface area (Å²) in [6.07, 6.45) is 2.60. The molecule has 2 rings (SSSR count). The quantitative estimate of drug-likeness (QED) is 0.885. The van der Waals surface area contributed by atoms with Crippen LogP contribution in [0.15, 0.2) is 15.9 Å². The molecule has 0 saturated carbocycles. The summed E-state index contributed by atoms with van der Waals surface area (Å²) < 4.78 is 1.20. The minimum absolute atomic E-state index is 0.657. The molecule has 0 spiro atoms. The van der Waals surface area contributed by atoms with Crippen LogP contribution in [0.3, 0.4) is 0 Å². The third-order valence-corrected chi connectivity index (χ3v) is 4.18. The molecule has 0 amide bonds. The summed E-state index contributed by atoms with van der Waals surface area (Å²) in [6, 6.07) is 2.85. The Hall–Kier alpha value is 0.1000. The predicted molar refractivity (Wildman–Crippen MR) is 64.8 cm³/mol. The van der Waals surface area contributed by atoms with Crippen molar-refractivity contribution in [3.8, 4) is 0 Å².